The van der Waals surface area contributed by atoms with E-state index in [0.717, 1.165) is 58.0 Å². The van der Waals surface area contributed by atoms with Gasteiger partial charge in [0.2, 0.25) is 11.8 Å². The van der Waals surface area contributed by atoms with Gasteiger partial charge in [-0.2, -0.15) is 0 Å². The number of hydrogen-bond acceptors (Lipinski definition) is 9. The van der Waals surface area contributed by atoms with Crippen molar-refractivity contribution >= 4 is 35.3 Å². The molecule has 2 saturated heterocycles. The van der Waals surface area contributed by atoms with Gasteiger partial charge in [-0.1, -0.05) is 51.7 Å². The summed E-state index contributed by atoms with van der Waals surface area (Å²) in [4.78, 5) is 72.5. The maximum absolute atomic E-state index is 13.5. The Morgan fingerprint density at radius 2 is 1.25 bits per heavy atom. The van der Waals surface area contributed by atoms with Crippen molar-refractivity contribution < 1.29 is 28.7 Å². The minimum absolute atomic E-state index is 0.107. The summed E-state index contributed by atoms with van der Waals surface area (Å²) in [7, 11) is 2.57. The standard InChI is InChI=1S/C40H48N8O6S/c1-23(2)33(45-39(51)53-5)37(49)47-19-7-9-30(47)35-41-21-28(43-35)26-14-11-25(12-15-26)13-16-27-17-18-32(55-27)29-22-42-36(44-29)31-10-8-20-48(31)38(50)34(24(3)4)46-40(52)54-6/h11-12,14-15,17-18,21-24,30-31,33-34H,7-10,19-20H2,1-6H3,(H,41,43)(H,42,44)(H,45,51)(H,46,52). The molecule has 4 unspecified atom stereocenters. The van der Waals surface area contributed by atoms with Crippen molar-refractivity contribution in [2.75, 3.05) is 27.3 Å². The Hall–Kier alpha value is -5.62. The molecule has 5 heterocycles. The molecule has 0 bridgehead atoms. The Kier molecular flexibility index (Phi) is 12.2. The van der Waals surface area contributed by atoms with Crippen LogP contribution in [0.5, 0.6) is 0 Å². The number of nitrogens with one attached hydrogen (secondary N) is 4. The van der Waals surface area contributed by atoms with Crippen molar-refractivity contribution in [1.29, 1.82) is 0 Å². The van der Waals surface area contributed by atoms with Gasteiger partial charge in [0.05, 0.1) is 59.8 Å². The van der Waals surface area contributed by atoms with E-state index in [0.29, 0.717) is 24.7 Å². The zero-order valence-electron chi connectivity index (χ0n) is 32.0. The summed E-state index contributed by atoms with van der Waals surface area (Å²) in [6.07, 6.45) is 5.56. The van der Waals surface area contributed by atoms with Crippen LogP contribution in [0.1, 0.15) is 87.6 Å². The fraction of sp³-hybridized carbons (Fsp3) is 0.450. The lowest BCUT2D eigenvalue weighted by atomic mass is 10.0. The van der Waals surface area contributed by atoms with Gasteiger partial charge in [-0.3, -0.25) is 9.59 Å². The third kappa shape index (κ3) is 8.86. The zero-order valence-corrected chi connectivity index (χ0v) is 32.8. The van der Waals surface area contributed by atoms with Crippen molar-refractivity contribution in [3.05, 3.63) is 70.9 Å². The second kappa shape index (κ2) is 17.2. The molecule has 290 valence electrons. The zero-order chi connectivity index (χ0) is 39.2. The Balaban J connectivity index is 1.09. The van der Waals surface area contributed by atoms with Gasteiger partial charge in [0, 0.05) is 18.7 Å². The second-order valence-electron chi connectivity index (χ2n) is 14.5. The Morgan fingerprint density at radius 3 is 1.76 bits per heavy atom. The van der Waals surface area contributed by atoms with Crippen molar-refractivity contribution in [3.8, 4) is 33.7 Å². The highest BCUT2D eigenvalue weighted by Gasteiger charge is 2.39. The topological polar surface area (TPSA) is 175 Å². The van der Waals surface area contributed by atoms with Gasteiger partial charge in [0.15, 0.2) is 0 Å². The SMILES string of the molecule is COC(=O)NC(C(=O)N1CCCC1c1ncc(-c2ccc(C#Cc3ccc(-c4cnc(C5CCCN5C(=O)C(NC(=O)OC)C(C)C)[nH]4)s3)cc2)[nH]1)C(C)C. The molecule has 4 amide bonds. The van der Waals surface area contributed by atoms with Crippen LogP contribution in [-0.4, -0.2) is 93.1 Å². The van der Waals surface area contributed by atoms with Gasteiger partial charge in [-0.25, -0.2) is 19.6 Å². The first-order chi connectivity index (χ1) is 26.5. The normalized spacial score (nSPS) is 17.8. The summed E-state index contributed by atoms with van der Waals surface area (Å²) in [6.45, 7) is 8.76. The Labute approximate surface area is 324 Å². The molecular formula is C40H48N8O6S. The number of benzene rings is 1. The van der Waals surface area contributed by atoms with Crippen LogP contribution in [-0.2, 0) is 19.1 Å². The molecule has 0 spiro atoms. The number of amides is 4. The maximum atomic E-state index is 13.5. The number of likely N-dealkylation sites (tertiary alicyclic amines) is 2. The first-order valence-corrected chi connectivity index (χ1v) is 19.4. The molecule has 1 aromatic carbocycles. The van der Waals surface area contributed by atoms with Crippen molar-refractivity contribution in [1.82, 2.24) is 40.4 Å². The number of hydrogen-bond donors (Lipinski definition) is 4. The number of carbonyl (C=O) groups is 4. The number of H-pyrrole nitrogens is 2. The number of aromatic nitrogens is 4. The predicted molar refractivity (Wildman–Crippen MR) is 208 cm³/mol. The van der Waals surface area contributed by atoms with E-state index in [1.165, 1.54) is 14.2 Å². The molecule has 0 aliphatic carbocycles. The number of aromatic amines is 2. The van der Waals surface area contributed by atoms with Crippen molar-refractivity contribution in [2.24, 2.45) is 11.8 Å². The quantitative estimate of drug-likeness (QED) is 0.142. The number of alkyl carbamates (subject to hydrolysis) is 2. The molecule has 0 radical (unpaired) electrons. The largest absolute Gasteiger partial charge is 0.453 e. The average molecular weight is 769 g/mol. The highest BCUT2D eigenvalue weighted by molar-refractivity contribution is 7.16. The average Bonchev–Trinajstić information content (AvgIpc) is 4.03. The first-order valence-electron chi connectivity index (χ1n) is 18.6. The van der Waals surface area contributed by atoms with E-state index in [4.69, 9.17) is 9.47 Å². The number of methoxy groups -OCH3 is 2. The highest BCUT2D eigenvalue weighted by Crippen LogP contribution is 2.35. The molecule has 6 rings (SSSR count). The van der Waals surface area contributed by atoms with Crippen LogP contribution in [0.25, 0.3) is 21.8 Å². The number of carbonyl (C=O) groups excluding carboxylic acids is 4. The van der Waals surface area contributed by atoms with Gasteiger partial charge < -0.3 is 39.9 Å². The van der Waals surface area contributed by atoms with Crippen LogP contribution in [0.15, 0.2) is 48.8 Å². The van der Waals surface area contributed by atoms with E-state index in [1.54, 1.807) is 33.5 Å². The van der Waals surface area contributed by atoms with E-state index in [-0.39, 0.29) is 35.7 Å². The summed E-state index contributed by atoms with van der Waals surface area (Å²) < 4.78 is 9.49. The van der Waals surface area contributed by atoms with Gasteiger partial charge in [-0.15, -0.1) is 11.3 Å². The lowest BCUT2D eigenvalue weighted by Gasteiger charge is -2.30. The van der Waals surface area contributed by atoms with E-state index < -0.39 is 24.3 Å². The van der Waals surface area contributed by atoms with Gasteiger partial charge >= 0.3 is 12.2 Å². The van der Waals surface area contributed by atoms with Crippen LogP contribution in [0, 0.1) is 23.7 Å². The van der Waals surface area contributed by atoms with Crippen LogP contribution >= 0.6 is 11.3 Å². The monoisotopic (exact) mass is 768 g/mol. The molecule has 4 atom stereocenters. The van der Waals surface area contributed by atoms with Crippen LogP contribution in [0.3, 0.4) is 0 Å². The molecule has 55 heavy (non-hydrogen) atoms. The fourth-order valence-corrected chi connectivity index (χ4v) is 7.91. The number of imidazole rings is 2. The summed E-state index contributed by atoms with van der Waals surface area (Å²) in [5.41, 5.74) is 3.50. The third-order valence-electron chi connectivity index (χ3n) is 10.1. The van der Waals surface area contributed by atoms with Gasteiger partial charge in [-0.05, 0) is 67.3 Å². The maximum Gasteiger partial charge on any atom is 0.407 e. The second-order valence-corrected chi connectivity index (χ2v) is 15.5. The Bertz CT molecular complexity index is 2060. The molecule has 3 aromatic heterocycles. The lowest BCUT2D eigenvalue weighted by Crippen LogP contribution is -2.51. The minimum atomic E-state index is -0.690. The molecule has 2 fully saturated rings. The lowest BCUT2D eigenvalue weighted by molar-refractivity contribution is -0.136. The van der Waals surface area contributed by atoms with Crippen LogP contribution in [0.2, 0.25) is 0 Å². The fourth-order valence-electron chi connectivity index (χ4n) is 7.09. The minimum Gasteiger partial charge on any atom is -0.453 e. The molecule has 4 N–H and O–H groups in total. The number of ether oxygens (including phenoxy) is 2. The van der Waals surface area contributed by atoms with Gasteiger partial charge in [0.1, 0.15) is 23.7 Å². The summed E-state index contributed by atoms with van der Waals surface area (Å²) in [5.74, 6) is 7.45. The predicted octanol–water partition coefficient (Wildman–Crippen LogP) is 6.02. The third-order valence-corrected chi connectivity index (χ3v) is 11.1. The molecule has 2 aliphatic rings. The molecule has 2 aliphatic heterocycles. The molecule has 4 aromatic rings. The summed E-state index contributed by atoms with van der Waals surface area (Å²) in [5, 5.41) is 5.37. The molecule has 0 saturated carbocycles. The van der Waals surface area contributed by atoms with Gasteiger partial charge in [0.25, 0.3) is 0 Å². The molecule has 14 nitrogen and oxygen atoms in total. The van der Waals surface area contributed by atoms with Crippen LogP contribution < -0.4 is 10.6 Å². The van der Waals surface area contributed by atoms with E-state index in [1.807, 2.05) is 64.1 Å². The summed E-state index contributed by atoms with van der Waals surface area (Å²) >= 11 is 1.56. The number of rotatable bonds is 10. The number of thiophene rings is 1. The first kappa shape index (κ1) is 39.1. The van der Waals surface area contributed by atoms with Crippen LogP contribution in [0.4, 0.5) is 9.59 Å². The molecule has 15 heteroatoms. The summed E-state index contributed by atoms with van der Waals surface area (Å²) in [6, 6.07) is 10.1. The Morgan fingerprint density at radius 1 is 0.745 bits per heavy atom. The van der Waals surface area contributed by atoms with Crippen molar-refractivity contribution in [3.63, 3.8) is 0 Å². The van der Waals surface area contributed by atoms with E-state index in [2.05, 4.69) is 42.4 Å². The van der Waals surface area contributed by atoms with E-state index >= 15 is 0 Å². The van der Waals surface area contributed by atoms with E-state index in [9.17, 15) is 19.2 Å². The smallest absolute Gasteiger partial charge is 0.407 e. The highest BCUT2D eigenvalue weighted by atomic mass is 32.1. The molecular weight excluding hydrogens is 721 g/mol. The number of nitrogens with zero attached hydrogens (tertiary/aromatic N) is 4. The van der Waals surface area contributed by atoms with Crippen molar-refractivity contribution in [2.45, 2.75) is 77.5 Å².